The molecule has 1 aromatic carbocycles. The molecule has 0 aliphatic heterocycles. The Bertz CT molecular complexity index is 386. The van der Waals surface area contributed by atoms with Gasteiger partial charge in [0.25, 0.3) is 5.69 Å². The van der Waals surface area contributed by atoms with Crippen LogP contribution in [-0.2, 0) is 0 Å². The molecule has 0 aromatic heterocycles. The van der Waals surface area contributed by atoms with Gasteiger partial charge in [-0.15, -0.1) is 0 Å². The molecule has 0 N–H and O–H groups in total. The first-order valence-corrected chi connectivity index (χ1v) is 5.12. The summed E-state index contributed by atoms with van der Waals surface area (Å²) < 4.78 is 12.9. The van der Waals surface area contributed by atoms with Gasteiger partial charge < -0.3 is 0 Å². The highest BCUT2D eigenvalue weighted by atomic mass is 19.1. The van der Waals surface area contributed by atoms with Crippen LogP contribution in [0.4, 0.5) is 10.1 Å². The van der Waals surface area contributed by atoms with Crippen LogP contribution < -0.4 is 0 Å². The minimum Gasteiger partial charge on any atom is -0.258 e. The quantitative estimate of drug-likeness (QED) is 0.553. The number of halogens is 1. The van der Waals surface area contributed by atoms with Gasteiger partial charge in [-0.1, -0.05) is 12.8 Å². The fraction of sp³-hybridized carbons (Fsp3) is 0.455. The van der Waals surface area contributed by atoms with Crippen molar-refractivity contribution < 1.29 is 9.31 Å². The lowest BCUT2D eigenvalue weighted by Gasteiger charge is -2.09. The number of nitro benzene ring substituents is 1. The molecule has 0 amide bonds. The van der Waals surface area contributed by atoms with Gasteiger partial charge in [0.2, 0.25) is 0 Å². The molecule has 15 heavy (non-hydrogen) atoms. The molecule has 4 heteroatoms. The second kappa shape index (κ2) is 3.96. The van der Waals surface area contributed by atoms with Crippen LogP contribution in [-0.4, -0.2) is 4.92 Å². The zero-order valence-electron chi connectivity index (χ0n) is 8.28. The maximum absolute atomic E-state index is 12.9. The summed E-state index contributed by atoms with van der Waals surface area (Å²) >= 11 is 0. The largest absolute Gasteiger partial charge is 0.275 e. The zero-order chi connectivity index (χ0) is 10.8. The number of rotatable bonds is 2. The number of nitrogens with zero attached hydrogens (tertiary/aromatic N) is 1. The van der Waals surface area contributed by atoms with E-state index in [0.717, 1.165) is 31.7 Å². The van der Waals surface area contributed by atoms with Crippen LogP contribution in [0.25, 0.3) is 0 Å². The van der Waals surface area contributed by atoms with Crippen molar-refractivity contribution in [3.05, 3.63) is 39.7 Å². The van der Waals surface area contributed by atoms with E-state index in [1.165, 1.54) is 6.07 Å². The van der Waals surface area contributed by atoms with E-state index in [-0.39, 0.29) is 11.6 Å². The Hall–Kier alpha value is -1.45. The molecule has 0 heterocycles. The highest BCUT2D eigenvalue weighted by Crippen LogP contribution is 2.38. The third-order valence-electron chi connectivity index (χ3n) is 2.98. The van der Waals surface area contributed by atoms with Crippen LogP contribution in [0.3, 0.4) is 0 Å². The zero-order valence-corrected chi connectivity index (χ0v) is 8.28. The molecule has 0 saturated heterocycles. The maximum atomic E-state index is 12.9. The van der Waals surface area contributed by atoms with E-state index in [0.29, 0.717) is 5.56 Å². The van der Waals surface area contributed by atoms with Gasteiger partial charge in [0.15, 0.2) is 0 Å². The van der Waals surface area contributed by atoms with E-state index in [2.05, 4.69) is 0 Å². The number of hydrogen-bond acceptors (Lipinski definition) is 2. The first kappa shape index (κ1) is 10.1. The fourth-order valence-electron chi connectivity index (χ4n) is 2.26. The van der Waals surface area contributed by atoms with Crippen LogP contribution in [0, 0.1) is 15.9 Å². The predicted octanol–water partition coefficient (Wildman–Crippen LogP) is 3.39. The van der Waals surface area contributed by atoms with E-state index < -0.39 is 10.7 Å². The first-order chi connectivity index (χ1) is 7.18. The van der Waals surface area contributed by atoms with Crippen LogP contribution in [0.15, 0.2) is 18.2 Å². The Morgan fingerprint density at radius 1 is 1.33 bits per heavy atom. The lowest BCUT2D eigenvalue weighted by atomic mass is 9.96. The van der Waals surface area contributed by atoms with Gasteiger partial charge in [-0.25, -0.2) is 4.39 Å². The number of benzene rings is 1. The molecule has 1 aliphatic rings. The average Bonchev–Trinajstić information content (AvgIpc) is 2.70. The molecule has 0 unspecified atom stereocenters. The Labute approximate surface area is 87.1 Å². The molecule has 0 bridgehead atoms. The second-order valence-electron chi connectivity index (χ2n) is 3.94. The number of hydrogen-bond donors (Lipinski definition) is 0. The molecular formula is C11H12FNO2. The van der Waals surface area contributed by atoms with Gasteiger partial charge in [-0.05, 0) is 30.9 Å². The minimum absolute atomic E-state index is 0.0677. The third kappa shape index (κ3) is 1.98. The number of nitro groups is 1. The SMILES string of the molecule is O=[N+]([O-])c1cc(F)ccc1C1CCCC1. The molecule has 1 aromatic rings. The van der Waals surface area contributed by atoms with Crippen molar-refractivity contribution in [1.82, 2.24) is 0 Å². The van der Waals surface area contributed by atoms with Crippen molar-refractivity contribution in [1.29, 1.82) is 0 Å². The molecule has 3 nitrogen and oxygen atoms in total. The molecule has 0 atom stereocenters. The predicted molar refractivity (Wildman–Crippen MR) is 54.3 cm³/mol. The molecule has 0 radical (unpaired) electrons. The molecule has 1 aliphatic carbocycles. The molecule has 1 saturated carbocycles. The Kier molecular flexibility index (Phi) is 2.66. The Morgan fingerprint density at radius 3 is 2.60 bits per heavy atom. The second-order valence-corrected chi connectivity index (χ2v) is 3.94. The average molecular weight is 209 g/mol. The summed E-state index contributed by atoms with van der Waals surface area (Å²) in [6, 6.07) is 3.89. The van der Waals surface area contributed by atoms with Crippen LogP contribution in [0.5, 0.6) is 0 Å². The summed E-state index contributed by atoms with van der Waals surface area (Å²) in [6.45, 7) is 0. The third-order valence-corrected chi connectivity index (χ3v) is 2.98. The topological polar surface area (TPSA) is 43.1 Å². The smallest absolute Gasteiger partial charge is 0.258 e. The van der Waals surface area contributed by atoms with E-state index >= 15 is 0 Å². The summed E-state index contributed by atoms with van der Waals surface area (Å²) in [4.78, 5) is 10.3. The van der Waals surface area contributed by atoms with Crippen LogP contribution >= 0.6 is 0 Å². The van der Waals surface area contributed by atoms with Crippen molar-refractivity contribution >= 4 is 5.69 Å². The highest BCUT2D eigenvalue weighted by molar-refractivity contribution is 5.43. The van der Waals surface area contributed by atoms with Crippen molar-refractivity contribution in [2.45, 2.75) is 31.6 Å². The van der Waals surface area contributed by atoms with Gasteiger partial charge in [0, 0.05) is 5.56 Å². The summed E-state index contributed by atoms with van der Waals surface area (Å²) in [5.41, 5.74) is 0.626. The van der Waals surface area contributed by atoms with Gasteiger partial charge in [-0.2, -0.15) is 0 Å². The van der Waals surface area contributed by atoms with E-state index in [9.17, 15) is 14.5 Å². The molecule has 0 spiro atoms. The van der Waals surface area contributed by atoms with Crippen molar-refractivity contribution in [2.24, 2.45) is 0 Å². The maximum Gasteiger partial charge on any atom is 0.275 e. The standard InChI is InChI=1S/C11H12FNO2/c12-9-5-6-10(8-3-1-2-4-8)11(7-9)13(14)15/h5-8H,1-4H2. The van der Waals surface area contributed by atoms with Gasteiger partial charge >= 0.3 is 0 Å². The molecule has 1 fully saturated rings. The van der Waals surface area contributed by atoms with Crippen molar-refractivity contribution in [2.75, 3.05) is 0 Å². The van der Waals surface area contributed by atoms with E-state index in [1.54, 1.807) is 6.07 Å². The lowest BCUT2D eigenvalue weighted by molar-refractivity contribution is -0.385. The minimum atomic E-state index is -0.538. The summed E-state index contributed by atoms with van der Waals surface area (Å²) in [5.74, 6) is -0.297. The van der Waals surface area contributed by atoms with Crippen LogP contribution in [0.1, 0.15) is 37.2 Å². The van der Waals surface area contributed by atoms with Crippen LogP contribution in [0.2, 0.25) is 0 Å². The first-order valence-electron chi connectivity index (χ1n) is 5.12. The monoisotopic (exact) mass is 209 g/mol. The molecular weight excluding hydrogens is 197 g/mol. The highest BCUT2D eigenvalue weighted by Gasteiger charge is 2.25. The van der Waals surface area contributed by atoms with Crippen molar-refractivity contribution in [3.63, 3.8) is 0 Å². The van der Waals surface area contributed by atoms with Crippen molar-refractivity contribution in [3.8, 4) is 0 Å². The molecule has 80 valence electrons. The summed E-state index contributed by atoms with van der Waals surface area (Å²) in [7, 11) is 0. The van der Waals surface area contributed by atoms with Gasteiger partial charge in [0.05, 0.1) is 11.0 Å². The summed E-state index contributed by atoms with van der Waals surface area (Å²) in [6.07, 6.45) is 4.18. The lowest BCUT2D eigenvalue weighted by Crippen LogP contribution is -2.00. The van der Waals surface area contributed by atoms with Gasteiger partial charge in [0.1, 0.15) is 5.82 Å². The molecule has 2 rings (SSSR count). The Morgan fingerprint density at radius 2 is 2.00 bits per heavy atom. The Balaban J connectivity index is 2.40. The van der Waals surface area contributed by atoms with E-state index in [4.69, 9.17) is 0 Å². The summed E-state index contributed by atoms with van der Waals surface area (Å²) in [5, 5.41) is 10.8. The fourth-order valence-corrected chi connectivity index (χ4v) is 2.26. The van der Waals surface area contributed by atoms with Gasteiger partial charge in [-0.3, -0.25) is 10.1 Å². The van der Waals surface area contributed by atoms with E-state index in [1.807, 2.05) is 0 Å². The normalized spacial score (nSPS) is 16.9.